The molecular formula is C21H21F2N3O4. The molecule has 1 heterocycles. The maximum Gasteiger partial charge on any atom is 0.338 e. The zero-order valence-corrected chi connectivity index (χ0v) is 16.1. The van der Waals surface area contributed by atoms with E-state index in [2.05, 4.69) is 0 Å². The Morgan fingerprint density at radius 1 is 1.27 bits per heavy atom. The van der Waals surface area contributed by atoms with Crippen LogP contribution in [0, 0.1) is 11.6 Å². The van der Waals surface area contributed by atoms with Crippen LogP contribution in [0.15, 0.2) is 42.5 Å². The van der Waals surface area contributed by atoms with Crippen LogP contribution >= 0.6 is 0 Å². The molecule has 0 atom stereocenters. The van der Waals surface area contributed by atoms with E-state index in [1.165, 1.54) is 18.2 Å². The van der Waals surface area contributed by atoms with Crippen LogP contribution in [0.5, 0.6) is 5.75 Å². The molecule has 158 valence electrons. The van der Waals surface area contributed by atoms with Gasteiger partial charge in [0.2, 0.25) is 0 Å². The summed E-state index contributed by atoms with van der Waals surface area (Å²) in [6.45, 7) is 0.744. The summed E-state index contributed by atoms with van der Waals surface area (Å²) >= 11 is 0. The molecular weight excluding hydrogens is 396 g/mol. The van der Waals surface area contributed by atoms with Gasteiger partial charge in [-0.15, -0.1) is 0 Å². The Morgan fingerprint density at radius 2 is 2.07 bits per heavy atom. The zero-order chi connectivity index (χ0) is 21.7. The smallest absolute Gasteiger partial charge is 0.338 e. The van der Waals surface area contributed by atoms with Crippen molar-refractivity contribution in [1.82, 2.24) is 9.96 Å². The first-order valence-corrected chi connectivity index (χ1v) is 9.27. The van der Waals surface area contributed by atoms with Gasteiger partial charge in [-0.05, 0) is 42.3 Å². The van der Waals surface area contributed by atoms with Crippen LogP contribution in [-0.2, 0) is 6.42 Å². The Morgan fingerprint density at radius 3 is 2.80 bits per heavy atom. The molecule has 30 heavy (non-hydrogen) atoms. The van der Waals surface area contributed by atoms with Crippen molar-refractivity contribution in [2.24, 2.45) is 5.73 Å². The van der Waals surface area contributed by atoms with E-state index in [1.54, 1.807) is 29.2 Å². The predicted octanol–water partition coefficient (Wildman–Crippen LogP) is 2.83. The van der Waals surface area contributed by atoms with Crippen molar-refractivity contribution in [2.75, 3.05) is 26.2 Å². The number of nitrogens with two attached hydrogens (primary N) is 1. The number of nitrogens with zero attached hydrogens (tertiary/aromatic N) is 2. The van der Waals surface area contributed by atoms with Crippen LogP contribution in [0.4, 0.5) is 13.6 Å². The Bertz CT molecular complexity index is 981. The van der Waals surface area contributed by atoms with Crippen LogP contribution in [0.2, 0.25) is 0 Å². The minimum Gasteiger partial charge on any atom is -0.492 e. The van der Waals surface area contributed by atoms with Gasteiger partial charge in [-0.1, -0.05) is 12.2 Å². The first-order valence-electron chi connectivity index (χ1n) is 9.27. The van der Waals surface area contributed by atoms with Gasteiger partial charge in [-0.25, -0.2) is 18.6 Å². The van der Waals surface area contributed by atoms with Gasteiger partial charge in [-0.3, -0.25) is 10.0 Å². The minimum absolute atomic E-state index is 0.0447. The van der Waals surface area contributed by atoms with Crippen molar-refractivity contribution in [3.8, 4) is 5.75 Å². The molecule has 0 saturated heterocycles. The first-order chi connectivity index (χ1) is 14.3. The summed E-state index contributed by atoms with van der Waals surface area (Å²) in [4.78, 5) is 25.1. The number of amides is 3. The summed E-state index contributed by atoms with van der Waals surface area (Å²) < 4.78 is 32.1. The topological polar surface area (TPSA) is 96.1 Å². The Labute approximate surface area is 171 Å². The third kappa shape index (κ3) is 5.12. The number of ether oxygens (including phenoxy) is 1. The molecule has 0 spiro atoms. The van der Waals surface area contributed by atoms with Crippen LogP contribution in [0.25, 0.3) is 6.08 Å². The average molecular weight is 417 g/mol. The molecule has 2 aromatic rings. The molecule has 3 rings (SSSR count). The number of hydrogen-bond donors (Lipinski definition) is 2. The number of halogens is 2. The van der Waals surface area contributed by atoms with E-state index in [0.29, 0.717) is 35.9 Å². The first kappa shape index (κ1) is 21.3. The third-order valence-corrected chi connectivity index (χ3v) is 4.66. The number of rotatable bonds is 7. The lowest BCUT2D eigenvalue weighted by Crippen LogP contribution is -2.37. The van der Waals surface area contributed by atoms with E-state index in [0.717, 1.165) is 11.6 Å². The Balaban J connectivity index is 1.59. The average Bonchev–Trinajstić information content (AvgIpc) is 2.71. The van der Waals surface area contributed by atoms with E-state index in [9.17, 15) is 23.6 Å². The second-order valence-corrected chi connectivity index (χ2v) is 6.70. The van der Waals surface area contributed by atoms with Crippen molar-refractivity contribution in [1.29, 1.82) is 0 Å². The zero-order valence-electron chi connectivity index (χ0n) is 16.1. The number of carbonyl (C=O) groups excluding carboxylic acids is 2. The molecule has 0 aromatic heterocycles. The van der Waals surface area contributed by atoms with Crippen molar-refractivity contribution in [2.45, 2.75) is 6.42 Å². The van der Waals surface area contributed by atoms with Crippen molar-refractivity contribution in [3.05, 3.63) is 70.8 Å². The molecule has 0 saturated carbocycles. The lowest BCUT2D eigenvalue weighted by atomic mass is 9.98. The van der Waals surface area contributed by atoms with Gasteiger partial charge in [0.25, 0.3) is 5.91 Å². The summed E-state index contributed by atoms with van der Waals surface area (Å²) in [5.41, 5.74) is 6.55. The third-order valence-electron chi connectivity index (χ3n) is 4.66. The number of hydroxylamine groups is 2. The standard InChI is InChI=1S/C21H21F2N3O4/c22-16-4-3-14(19(23)13-16)2-1-8-25-9-7-15-12-17(5-6-18(15)20(25)27)30-11-10-26(29)21(24)28/h1-6,12-13,29H,7-11H2,(H2,24,28)/b2-1+. The highest BCUT2D eigenvalue weighted by Crippen LogP contribution is 2.24. The lowest BCUT2D eigenvalue weighted by molar-refractivity contribution is -0.0464. The van der Waals surface area contributed by atoms with E-state index in [-0.39, 0.29) is 24.6 Å². The van der Waals surface area contributed by atoms with Gasteiger partial charge < -0.3 is 15.4 Å². The summed E-state index contributed by atoms with van der Waals surface area (Å²) in [5, 5.41) is 9.57. The van der Waals surface area contributed by atoms with E-state index in [1.807, 2.05) is 0 Å². The number of primary amides is 1. The molecule has 0 radical (unpaired) electrons. The maximum absolute atomic E-state index is 13.7. The molecule has 3 amide bonds. The van der Waals surface area contributed by atoms with E-state index < -0.39 is 17.7 Å². The van der Waals surface area contributed by atoms with Gasteiger partial charge in [0, 0.05) is 30.3 Å². The van der Waals surface area contributed by atoms with Crippen LogP contribution in [-0.4, -0.2) is 53.3 Å². The molecule has 1 aliphatic rings. The predicted molar refractivity (Wildman–Crippen MR) is 105 cm³/mol. The molecule has 9 heteroatoms. The molecule has 2 aromatic carbocycles. The minimum atomic E-state index is -0.967. The number of urea groups is 1. The summed E-state index contributed by atoms with van der Waals surface area (Å²) in [5.74, 6) is -0.937. The van der Waals surface area contributed by atoms with Crippen LogP contribution in [0.3, 0.4) is 0 Å². The Hall–Kier alpha value is -3.46. The summed E-state index contributed by atoms with van der Waals surface area (Å²) in [6.07, 6.45) is 3.80. The molecule has 3 N–H and O–H groups in total. The highest BCUT2D eigenvalue weighted by molar-refractivity contribution is 5.97. The van der Waals surface area contributed by atoms with Crippen molar-refractivity contribution in [3.63, 3.8) is 0 Å². The highest BCUT2D eigenvalue weighted by Gasteiger charge is 2.23. The van der Waals surface area contributed by atoms with Gasteiger partial charge in [0.05, 0.1) is 6.54 Å². The number of benzene rings is 2. The molecule has 0 bridgehead atoms. The number of hydrogen-bond acceptors (Lipinski definition) is 4. The fourth-order valence-electron chi connectivity index (χ4n) is 3.08. The van der Waals surface area contributed by atoms with Crippen molar-refractivity contribution < 1.29 is 28.3 Å². The SMILES string of the molecule is NC(=O)N(O)CCOc1ccc2c(c1)CCN(C/C=C/c1ccc(F)cc1F)C2=O. The summed E-state index contributed by atoms with van der Waals surface area (Å²) in [7, 11) is 0. The Kier molecular flexibility index (Phi) is 6.63. The normalized spacial score (nSPS) is 13.4. The van der Waals surface area contributed by atoms with Gasteiger partial charge in [0.15, 0.2) is 0 Å². The summed E-state index contributed by atoms with van der Waals surface area (Å²) in [6, 6.07) is 7.41. The maximum atomic E-state index is 13.7. The van der Waals surface area contributed by atoms with Gasteiger partial charge >= 0.3 is 6.03 Å². The second kappa shape index (κ2) is 9.36. The van der Waals surface area contributed by atoms with Gasteiger partial charge in [0.1, 0.15) is 24.0 Å². The second-order valence-electron chi connectivity index (χ2n) is 6.70. The molecule has 0 unspecified atom stereocenters. The van der Waals surface area contributed by atoms with Gasteiger partial charge in [-0.2, -0.15) is 0 Å². The molecule has 0 fully saturated rings. The van der Waals surface area contributed by atoms with E-state index in [4.69, 9.17) is 10.5 Å². The lowest BCUT2D eigenvalue weighted by Gasteiger charge is -2.28. The molecule has 0 aliphatic carbocycles. The molecule has 7 nitrogen and oxygen atoms in total. The van der Waals surface area contributed by atoms with Crippen LogP contribution in [0.1, 0.15) is 21.5 Å². The largest absolute Gasteiger partial charge is 0.492 e. The molecule has 1 aliphatic heterocycles. The number of fused-ring (bicyclic) bond motifs is 1. The van der Waals surface area contributed by atoms with E-state index >= 15 is 0 Å². The fraction of sp³-hybridized carbons (Fsp3) is 0.238. The quantitative estimate of drug-likeness (QED) is 0.535. The van der Waals surface area contributed by atoms with Crippen molar-refractivity contribution >= 4 is 18.0 Å². The highest BCUT2D eigenvalue weighted by atomic mass is 19.1. The number of carbonyl (C=O) groups is 2. The van der Waals surface area contributed by atoms with Crippen LogP contribution < -0.4 is 10.5 Å². The monoisotopic (exact) mass is 417 g/mol. The fourth-order valence-corrected chi connectivity index (χ4v) is 3.08.